The number of carboxylic acid groups (broad SMARTS) is 2. The van der Waals surface area contributed by atoms with Crippen molar-refractivity contribution >= 4 is 11.9 Å². The first kappa shape index (κ1) is 13.9. The maximum atomic E-state index is 9.10. The molecule has 1 saturated heterocycles. The van der Waals surface area contributed by atoms with Gasteiger partial charge >= 0.3 is 11.9 Å². The Morgan fingerprint density at radius 2 is 2.00 bits per heavy atom. The van der Waals surface area contributed by atoms with Gasteiger partial charge in [-0.05, 0) is 6.42 Å². The molecule has 6 heteroatoms. The van der Waals surface area contributed by atoms with Crippen LogP contribution in [0.2, 0.25) is 0 Å². The van der Waals surface area contributed by atoms with E-state index in [1.807, 2.05) is 0 Å². The molecule has 1 aliphatic heterocycles. The summed E-state index contributed by atoms with van der Waals surface area (Å²) in [5.74, 6) is -3.65. The van der Waals surface area contributed by atoms with E-state index in [9.17, 15) is 0 Å². The third kappa shape index (κ3) is 7.90. The third-order valence-electron chi connectivity index (χ3n) is 1.82. The molecule has 1 rings (SSSR count). The first-order valence-electron chi connectivity index (χ1n) is 4.85. The van der Waals surface area contributed by atoms with Crippen LogP contribution in [0.15, 0.2) is 0 Å². The average Bonchev–Trinajstić information content (AvgIpc) is 2.20. The SMILES string of the molecule is CCC[C@H]1COCCN1.O=C(O)C(=O)O. The Bertz CT molecular complexity index is 186. The normalized spacial score (nSPS) is 19.9. The summed E-state index contributed by atoms with van der Waals surface area (Å²) in [6.45, 7) is 5.04. The zero-order valence-corrected chi connectivity index (χ0v) is 8.73. The second kappa shape index (κ2) is 8.19. The molecule has 0 spiro atoms. The fraction of sp³-hybridized carbons (Fsp3) is 0.778. The van der Waals surface area contributed by atoms with Gasteiger partial charge in [0.05, 0.1) is 13.2 Å². The fourth-order valence-electron chi connectivity index (χ4n) is 1.15. The highest BCUT2D eigenvalue weighted by molar-refractivity contribution is 6.27. The highest BCUT2D eigenvalue weighted by Crippen LogP contribution is 1.99. The Labute approximate surface area is 88.2 Å². The Kier molecular flexibility index (Phi) is 7.57. The summed E-state index contributed by atoms with van der Waals surface area (Å²) in [6, 6.07) is 0.628. The molecule has 1 atom stereocenters. The highest BCUT2D eigenvalue weighted by Gasteiger charge is 2.10. The van der Waals surface area contributed by atoms with Crippen LogP contribution in [0.1, 0.15) is 19.8 Å². The summed E-state index contributed by atoms with van der Waals surface area (Å²) < 4.78 is 5.27. The van der Waals surface area contributed by atoms with Crippen molar-refractivity contribution in [3.05, 3.63) is 0 Å². The third-order valence-corrected chi connectivity index (χ3v) is 1.82. The lowest BCUT2D eigenvalue weighted by Gasteiger charge is -2.22. The molecule has 0 aromatic rings. The summed E-state index contributed by atoms with van der Waals surface area (Å²) in [4.78, 5) is 18.2. The summed E-state index contributed by atoms with van der Waals surface area (Å²) >= 11 is 0. The second-order valence-corrected chi connectivity index (χ2v) is 3.12. The van der Waals surface area contributed by atoms with Crippen molar-refractivity contribution < 1.29 is 24.5 Å². The molecule has 15 heavy (non-hydrogen) atoms. The number of aliphatic carboxylic acids is 2. The zero-order valence-electron chi connectivity index (χ0n) is 8.73. The van der Waals surface area contributed by atoms with Gasteiger partial charge in [-0.25, -0.2) is 9.59 Å². The van der Waals surface area contributed by atoms with Crippen LogP contribution in [-0.4, -0.2) is 48.0 Å². The van der Waals surface area contributed by atoms with Crippen molar-refractivity contribution in [2.45, 2.75) is 25.8 Å². The van der Waals surface area contributed by atoms with Gasteiger partial charge in [-0.3, -0.25) is 0 Å². The van der Waals surface area contributed by atoms with Crippen molar-refractivity contribution in [3.63, 3.8) is 0 Å². The van der Waals surface area contributed by atoms with E-state index >= 15 is 0 Å². The molecule has 0 amide bonds. The van der Waals surface area contributed by atoms with Crippen LogP contribution in [0.3, 0.4) is 0 Å². The van der Waals surface area contributed by atoms with Gasteiger partial charge in [0.2, 0.25) is 0 Å². The molecule has 0 saturated carbocycles. The maximum absolute atomic E-state index is 9.10. The minimum absolute atomic E-state index is 0.628. The number of carbonyl (C=O) groups is 2. The fourth-order valence-corrected chi connectivity index (χ4v) is 1.15. The Morgan fingerprint density at radius 3 is 2.33 bits per heavy atom. The van der Waals surface area contributed by atoms with Gasteiger partial charge in [-0.15, -0.1) is 0 Å². The highest BCUT2D eigenvalue weighted by atomic mass is 16.5. The van der Waals surface area contributed by atoms with E-state index in [-0.39, 0.29) is 0 Å². The van der Waals surface area contributed by atoms with Gasteiger partial charge in [0.15, 0.2) is 0 Å². The van der Waals surface area contributed by atoms with Crippen molar-refractivity contribution in [2.24, 2.45) is 0 Å². The molecule has 1 fully saturated rings. The number of rotatable bonds is 2. The number of hydrogen-bond donors (Lipinski definition) is 3. The monoisotopic (exact) mass is 219 g/mol. The smallest absolute Gasteiger partial charge is 0.414 e. The summed E-state index contributed by atoms with van der Waals surface area (Å²) in [7, 11) is 0. The van der Waals surface area contributed by atoms with Crippen LogP contribution in [0.4, 0.5) is 0 Å². The molecular formula is C9H17NO5. The molecule has 0 unspecified atom stereocenters. The molecule has 0 bridgehead atoms. The van der Waals surface area contributed by atoms with Gasteiger partial charge in [0, 0.05) is 12.6 Å². The predicted octanol–water partition coefficient (Wildman–Crippen LogP) is -0.0695. The lowest BCUT2D eigenvalue weighted by atomic mass is 10.2. The van der Waals surface area contributed by atoms with Gasteiger partial charge in [0.25, 0.3) is 0 Å². The number of hydrogen-bond acceptors (Lipinski definition) is 4. The number of ether oxygens (including phenoxy) is 1. The molecule has 6 nitrogen and oxygen atoms in total. The van der Waals surface area contributed by atoms with Gasteiger partial charge < -0.3 is 20.3 Å². The van der Waals surface area contributed by atoms with Gasteiger partial charge in [0.1, 0.15) is 0 Å². The van der Waals surface area contributed by atoms with Crippen molar-refractivity contribution in [1.29, 1.82) is 0 Å². The average molecular weight is 219 g/mol. The van der Waals surface area contributed by atoms with Crippen LogP contribution in [0.25, 0.3) is 0 Å². The minimum atomic E-state index is -1.82. The van der Waals surface area contributed by atoms with E-state index in [2.05, 4.69) is 12.2 Å². The van der Waals surface area contributed by atoms with Crippen LogP contribution in [0, 0.1) is 0 Å². The zero-order chi connectivity index (χ0) is 11.7. The van der Waals surface area contributed by atoms with E-state index in [4.69, 9.17) is 24.5 Å². The standard InChI is InChI=1S/C7H15NO.C2H2O4/c1-2-3-7-6-9-5-4-8-7;3-1(4)2(5)6/h7-8H,2-6H2,1H3;(H,3,4)(H,5,6)/t7-;/m0./s1. The van der Waals surface area contributed by atoms with Crippen molar-refractivity contribution in [1.82, 2.24) is 5.32 Å². The molecule has 3 N–H and O–H groups in total. The molecule has 1 aliphatic rings. The predicted molar refractivity (Wildman–Crippen MR) is 52.8 cm³/mol. The van der Waals surface area contributed by atoms with E-state index < -0.39 is 11.9 Å². The summed E-state index contributed by atoms with van der Waals surface area (Å²) in [6.07, 6.45) is 2.50. The molecule has 0 aromatic heterocycles. The lowest BCUT2D eigenvalue weighted by Crippen LogP contribution is -2.40. The maximum Gasteiger partial charge on any atom is 0.414 e. The van der Waals surface area contributed by atoms with Crippen molar-refractivity contribution in [3.8, 4) is 0 Å². The van der Waals surface area contributed by atoms with Gasteiger partial charge in [-0.1, -0.05) is 13.3 Å². The molecule has 0 aromatic carbocycles. The van der Waals surface area contributed by atoms with Crippen LogP contribution in [0.5, 0.6) is 0 Å². The topological polar surface area (TPSA) is 95.9 Å². The Balaban J connectivity index is 0.000000288. The molecule has 88 valence electrons. The summed E-state index contributed by atoms with van der Waals surface area (Å²) in [5.41, 5.74) is 0. The molecule has 1 heterocycles. The first-order valence-corrected chi connectivity index (χ1v) is 4.85. The van der Waals surface area contributed by atoms with E-state index in [0.717, 1.165) is 19.8 Å². The quantitative estimate of drug-likeness (QED) is 0.563. The lowest BCUT2D eigenvalue weighted by molar-refractivity contribution is -0.159. The van der Waals surface area contributed by atoms with Gasteiger partial charge in [-0.2, -0.15) is 0 Å². The first-order chi connectivity index (χ1) is 7.07. The Hall–Kier alpha value is -1.14. The molecule has 0 aliphatic carbocycles. The molecule has 0 radical (unpaired) electrons. The Morgan fingerprint density at radius 1 is 1.40 bits per heavy atom. The van der Waals surface area contributed by atoms with E-state index in [0.29, 0.717) is 6.04 Å². The van der Waals surface area contributed by atoms with Crippen molar-refractivity contribution in [2.75, 3.05) is 19.8 Å². The largest absolute Gasteiger partial charge is 0.473 e. The molecular weight excluding hydrogens is 202 g/mol. The van der Waals surface area contributed by atoms with E-state index in [1.54, 1.807) is 0 Å². The van der Waals surface area contributed by atoms with Crippen LogP contribution < -0.4 is 5.32 Å². The van der Waals surface area contributed by atoms with Crippen LogP contribution in [-0.2, 0) is 14.3 Å². The number of morpholine rings is 1. The second-order valence-electron chi connectivity index (χ2n) is 3.12. The summed E-state index contributed by atoms with van der Waals surface area (Å²) in [5, 5.41) is 18.2. The van der Waals surface area contributed by atoms with E-state index in [1.165, 1.54) is 12.8 Å². The minimum Gasteiger partial charge on any atom is -0.473 e. The number of nitrogens with one attached hydrogen (secondary N) is 1. The van der Waals surface area contributed by atoms with Crippen LogP contribution >= 0.6 is 0 Å². The number of carboxylic acids is 2.